The number of nitrogen functional groups attached to an aromatic ring is 1. The van der Waals surface area contributed by atoms with Crippen LogP contribution in [0.3, 0.4) is 0 Å². The molecular formula is C4H4N3OS. The predicted molar refractivity (Wildman–Crippen MR) is 32.6 cm³/mol. The summed E-state index contributed by atoms with van der Waals surface area (Å²) in [7, 11) is 0. The molecule has 1 radical (unpaired) electrons. The summed E-state index contributed by atoms with van der Waals surface area (Å²) < 4.78 is 0. The number of carbonyl (C=O) groups is 1. The highest BCUT2D eigenvalue weighted by molar-refractivity contribution is 7.07. The highest BCUT2D eigenvalue weighted by Crippen LogP contribution is 1.97. The van der Waals surface area contributed by atoms with Crippen LogP contribution < -0.4 is 11.3 Å². The molecule has 1 heterocycles. The minimum Gasteiger partial charge on any atom is -0.289 e. The molecule has 0 fully saturated rings. The minimum absolute atomic E-state index is 0.308. The van der Waals surface area contributed by atoms with Gasteiger partial charge >= 0.3 is 0 Å². The minimum atomic E-state index is -0.382. The van der Waals surface area contributed by atoms with Crippen molar-refractivity contribution in [1.82, 2.24) is 10.4 Å². The first-order valence-corrected chi connectivity index (χ1v) is 3.05. The molecule has 0 aliphatic heterocycles. The Hall–Kier alpha value is -0.940. The van der Waals surface area contributed by atoms with E-state index in [-0.39, 0.29) is 5.91 Å². The standard InChI is InChI=1S/C4H4N3OS/c5-7-4(8)3-1-9-2-6-3/h1H,5H2,(H,7,8). The number of hydrogen-bond acceptors (Lipinski definition) is 4. The molecule has 47 valence electrons. The van der Waals surface area contributed by atoms with Crippen molar-refractivity contribution in [3.8, 4) is 0 Å². The number of nitrogens with zero attached hydrogens (tertiary/aromatic N) is 1. The van der Waals surface area contributed by atoms with Gasteiger partial charge in [-0.25, -0.2) is 10.8 Å². The van der Waals surface area contributed by atoms with Gasteiger partial charge in [0.2, 0.25) is 0 Å². The Morgan fingerprint density at radius 3 is 3.22 bits per heavy atom. The molecule has 0 aromatic carbocycles. The SMILES string of the molecule is NNC(=O)c1cs[c]n1. The van der Waals surface area contributed by atoms with E-state index in [9.17, 15) is 4.79 Å². The number of amides is 1. The summed E-state index contributed by atoms with van der Waals surface area (Å²) in [5, 5.41) is 1.57. The van der Waals surface area contributed by atoms with Crippen LogP contribution in [0.15, 0.2) is 5.38 Å². The molecule has 1 aromatic rings. The van der Waals surface area contributed by atoms with Crippen molar-refractivity contribution in [3.63, 3.8) is 0 Å². The molecule has 3 N–H and O–H groups in total. The zero-order chi connectivity index (χ0) is 6.69. The van der Waals surface area contributed by atoms with Crippen LogP contribution >= 0.6 is 11.3 Å². The van der Waals surface area contributed by atoms with Crippen LogP contribution in [-0.4, -0.2) is 10.9 Å². The number of nitrogens with one attached hydrogen (secondary N) is 1. The Balaban J connectivity index is 2.77. The topological polar surface area (TPSA) is 68.0 Å². The monoisotopic (exact) mass is 142 g/mol. The van der Waals surface area contributed by atoms with Crippen molar-refractivity contribution < 1.29 is 4.79 Å². The molecule has 1 amide bonds. The molecule has 0 atom stereocenters. The Morgan fingerprint density at radius 1 is 2.00 bits per heavy atom. The van der Waals surface area contributed by atoms with Gasteiger partial charge in [-0.05, 0) is 0 Å². The summed E-state index contributed by atoms with van der Waals surface area (Å²) in [4.78, 5) is 14.2. The number of nitrogens with two attached hydrogens (primary N) is 1. The Labute approximate surface area is 55.7 Å². The van der Waals surface area contributed by atoms with Gasteiger partial charge in [0.15, 0.2) is 5.51 Å². The lowest BCUT2D eigenvalue weighted by Crippen LogP contribution is -2.30. The second-order valence-corrected chi connectivity index (χ2v) is 1.95. The average Bonchev–Trinajstić information content (AvgIpc) is 2.37. The van der Waals surface area contributed by atoms with E-state index >= 15 is 0 Å². The van der Waals surface area contributed by atoms with Gasteiger partial charge in [-0.3, -0.25) is 10.2 Å². The van der Waals surface area contributed by atoms with Gasteiger partial charge in [-0.15, -0.1) is 11.3 Å². The Bertz CT molecular complexity index is 196. The third-order valence-electron chi connectivity index (χ3n) is 0.753. The quantitative estimate of drug-likeness (QED) is 0.317. The molecule has 0 spiro atoms. The normalized spacial score (nSPS) is 9.00. The largest absolute Gasteiger partial charge is 0.289 e. The molecule has 4 nitrogen and oxygen atoms in total. The van der Waals surface area contributed by atoms with Gasteiger partial charge in [-0.1, -0.05) is 0 Å². The van der Waals surface area contributed by atoms with Crippen LogP contribution in [0, 0.1) is 5.51 Å². The molecule has 0 saturated heterocycles. The Morgan fingerprint density at radius 2 is 2.78 bits per heavy atom. The van der Waals surface area contributed by atoms with E-state index in [1.165, 1.54) is 11.3 Å². The number of thiazole rings is 1. The summed E-state index contributed by atoms with van der Waals surface area (Å²) in [5.74, 6) is 4.43. The maximum absolute atomic E-state index is 10.6. The number of hydrogen-bond donors (Lipinski definition) is 2. The molecular weight excluding hydrogens is 138 g/mol. The van der Waals surface area contributed by atoms with Crippen LogP contribution in [0.5, 0.6) is 0 Å². The zero-order valence-corrected chi connectivity index (χ0v) is 5.23. The smallest absolute Gasteiger partial charge is 0.284 e. The molecule has 9 heavy (non-hydrogen) atoms. The summed E-state index contributed by atoms with van der Waals surface area (Å²) >= 11 is 1.23. The summed E-state index contributed by atoms with van der Waals surface area (Å²) in [6.45, 7) is 0. The van der Waals surface area contributed by atoms with E-state index < -0.39 is 0 Å². The second kappa shape index (κ2) is 2.56. The predicted octanol–water partition coefficient (Wildman–Crippen LogP) is -0.453. The highest BCUT2D eigenvalue weighted by Gasteiger charge is 2.02. The van der Waals surface area contributed by atoms with Crippen molar-refractivity contribution in [2.75, 3.05) is 0 Å². The van der Waals surface area contributed by atoms with Crippen molar-refractivity contribution in [1.29, 1.82) is 0 Å². The molecule has 0 aliphatic rings. The van der Waals surface area contributed by atoms with E-state index in [4.69, 9.17) is 5.84 Å². The van der Waals surface area contributed by atoms with Crippen molar-refractivity contribution in [2.45, 2.75) is 0 Å². The molecule has 0 bridgehead atoms. The first-order valence-electron chi connectivity index (χ1n) is 2.17. The van der Waals surface area contributed by atoms with Crippen molar-refractivity contribution in [2.24, 2.45) is 5.84 Å². The molecule has 5 heteroatoms. The zero-order valence-electron chi connectivity index (χ0n) is 4.42. The van der Waals surface area contributed by atoms with Crippen molar-refractivity contribution in [3.05, 3.63) is 16.6 Å². The van der Waals surface area contributed by atoms with Crippen LogP contribution in [0.1, 0.15) is 10.5 Å². The summed E-state index contributed by atoms with van der Waals surface area (Å²) in [5.41, 5.74) is 4.78. The van der Waals surface area contributed by atoms with Gasteiger partial charge in [0.25, 0.3) is 5.91 Å². The van der Waals surface area contributed by atoms with Crippen LogP contribution in [-0.2, 0) is 0 Å². The number of aromatic nitrogens is 1. The Kier molecular flexibility index (Phi) is 1.76. The summed E-state index contributed by atoms with van der Waals surface area (Å²) in [6, 6.07) is 0. The molecule has 1 rings (SSSR count). The lowest BCUT2D eigenvalue weighted by Gasteiger charge is -1.89. The van der Waals surface area contributed by atoms with E-state index in [1.54, 1.807) is 5.38 Å². The lowest BCUT2D eigenvalue weighted by molar-refractivity contribution is 0.0949. The van der Waals surface area contributed by atoms with Crippen LogP contribution in [0.4, 0.5) is 0 Å². The number of hydrazine groups is 1. The third-order valence-corrected chi connectivity index (χ3v) is 1.29. The maximum atomic E-state index is 10.6. The van der Waals surface area contributed by atoms with E-state index in [0.717, 1.165) is 0 Å². The average molecular weight is 142 g/mol. The number of carbonyl (C=O) groups excluding carboxylic acids is 1. The fourth-order valence-electron chi connectivity index (χ4n) is 0.362. The third kappa shape index (κ3) is 1.24. The van der Waals surface area contributed by atoms with E-state index in [0.29, 0.717) is 5.69 Å². The first-order chi connectivity index (χ1) is 4.34. The van der Waals surface area contributed by atoms with Gasteiger partial charge in [-0.2, -0.15) is 0 Å². The summed E-state index contributed by atoms with van der Waals surface area (Å²) in [6.07, 6.45) is 0. The molecule has 1 aromatic heterocycles. The maximum Gasteiger partial charge on any atom is 0.284 e. The van der Waals surface area contributed by atoms with Gasteiger partial charge < -0.3 is 0 Å². The van der Waals surface area contributed by atoms with Crippen LogP contribution in [0.25, 0.3) is 0 Å². The lowest BCUT2D eigenvalue weighted by atomic mass is 10.5. The number of rotatable bonds is 1. The van der Waals surface area contributed by atoms with E-state index in [2.05, 4.69) is 10.5 Å². The van der Waals surface area contributed by atoms with Gasteiger partial charge in [0, 0.05) is 5.38 Å². The molecule has 0 unspecified atom stereocenters. The highest BCUT2D eigenvalue weighted by atomic mass is 32.1. The molecule has 0 saturated carbocycles. The molecule has 0 aliphatic carbocycles. The fourth-order valence-corrected chi connectivity index (χ4v) is 0.837. The van der Waals surface area contributed by atoms with Gasteiger partial charge in [0.1, 0.15) is 5.69 Å². The fraction of sp³-hybridized carbons (Fsp3) is 0. The van der Waals surface area contributed by atoms with Gasteiger partial charge in [0.05, 0.1) is 0 Å². The van der Waals surface area contributed by atoms with Crippen LogP contribution in [0.2, 0.25) is 0 Å². The van der Waals surface area contributed by atoms with Crippen molar-refractivity contribution >= 4 is 17.2 Å². The first kappa shape index (κ1) is 6.18. The van der Waals surface area contributed by atoms with E-state index in [1.807, 2.05) is 5.43 Å². The second-order valence-electron chi connectivity index (χ2n) is 1.30.